The standard InChI is InChI=1S/C13H26N4/c1-6-17-13(9-11(2)15-17)10-12(14-3)7-8-16(4)5/h9,12,14H,6-8,10H2,1-5H3. The van der Waals surface area contributed by atoms with Crippen molar-refractivity contribution in [1.29, 1.82) is 0 Å². The second-order valence-electron chi connectivity index (χ2n) is 4.87. The van der Waals surface area contributed by atoms with E-state index in [2.05, 4.69) is 54.0 Å². The number of nitrogens with one attached hydrogen (secondary N) is 1. The third-order valence-corrected chi connectivity index (χ3v) is 3.07. The fourth-order valence-corrected chi connectivity index (χ4v) is 2.05. The Kier molecular flexibility index (Phi) is 5.65. The van der Waals surface area contributed by atoms with Crippen molar-refractivity contribution in [2.24, 2.45) is 0 Å². The summed E-state index contributed by atoms with van der Waals surface area (Å²) in [6.07, 6.45) is 2.22. The summed E-state index contributed by atoms with van der Waals surface area (Å²) in [5.74, 6) is 0. The lowest BCUT2D eigenvalue weighted by Gasteiger charge is -2.19. The molecule has 1 aromatic rings. The molecule has 1 heterocycles. The molecule has 17 heavy (non-hydrogen) atoms. The van der Waals surface area contributed by atoms with Gasteiger partial charge in [0.1, 0.15) is 0 Å². The van der Waals surface area contributed by atoms with Crippen LogP contribution >= 0.6 is 0 Å². The first-order valence-corrected chi connectivity index (χ1v) is 6.42. The van der Waals surface area contributed by atoms with Crippen LogP contribution in [0.15, 0.2) is 6.07 Å². The first-order chi connectivity index (χ1) is 8.06. The minimum atomic E-state index is 0.527. The molecule has 4 heteroatoms. The number of nitrogens with zero attached hydrogens (tertiary/aromatic N) is 3. The van der Waals surface area contributed by atoms with Gasteiger partial charge in [-0.2, -0.15) is 5.10 Å². The van der Waals surface area contributed by atoms with Crippen LogP contribution in [0.3, 0.4) is 0 Å². The maximum atomic E-state index is 4.49. The average molecular weight is 238 g/mol. The molecule has 0 spiro atoms. The Hall–Kier alpha value is -0.870. The molecule has 1 unspecified atom stereocenters. The van der Waals surface area contributed by atoms with Crippen molar-refractivity contribution in [1.82, 2.24) is 20.0 Å². The van der Waals surface area contributed by atoms with E-state index in [1.165, 1.54) is 5.69 Å². The number of likely N-dealkylation sites (N-methyl/N-ethyl adjacent to an activating group) is 1. The van der Waals surface area contributed by atoms with Crippen molar-refractivity contribution in [2.75, 3.05) is 27.7 Å². The van der Waals surface area contributed by atoms with E-state index in [0.717, 1.165) is 31.6 Å². The van der Waals surface area contributed by atoms with Gasteiger partial charge in [-0.15, -0.1) is 0 Å². The van der Waals surface area contributed by atoms with E-state index in [4.69, 9.17) is 0 Å². The number of hydrogen-bond donors (Lipinski definition) is 1. The second-order valence-corrected chi connectivity index (χ2v) is 4.87. The Bertz CT molecular complexity index is 330. The van der Waals surface area contributed by atoms with E-state index in [-0.39, 0.29) is 0 Å². The summed E-state index contributed by atoms with van der Waals surface area (Å²) in [6.45, 7) is 6.27. The number of aryl methyl sites for hydroxylation is 2. The van der Waals surface area contributed by atoms with Gasteiger partial charge in [0.05, 0.1) is 5.69 Å². The highest BCUT2D eigenvalue weighted by molar-refractivity contribution is 5.10. The fourth-order valence-electron chi connectivity index (χ4n) is 2.05. The molecule has 0 bridgehead atoms. The van der Waals surface area contributed by atoms with Gasteiger partial charge in [0.25, 0.3) is 0 Å². The molecular formula is C13H26N4. The van der Waals surface area contributed by atoms with Crippen molar-refractivity contribution in [3.63, 3.8) is 0 Å². The van der Waals surface area contributed by atoms with Crippen LogP contribution in [0.4, 0.5) is 0 Å². The van der Waals surface area contributed by atoms with Crippen LogP contribution in [0.25, 0.3) is 0 Å². The monoisotopic (exact) mass is 238 g/mol. The van der Waals surface area contributed by atoms with E-state index in [9.17, 15) is 0 Å². The summed E-state index contributed by atoms with van der Waals surface area (Å²) in [6, 6.07) is 2.72. The summed E-state index contributed by atoms with van der Waals surface area (Å²) in [5, 5.41) is 7.89. The lowest BCUT2D eigenvalue weighted by molar-refractivity contribution is 0.361. The van der Waals surface area contributed by atoms with E-state index < -0.39 is 0 Å². The zero-order valence-corrected chi connectivity index (χ0v) is 11.8. The second kappa shape index (κ2) is 6.77. The average Bonchev–Trinajstić information content (AvgIpc) is 2.64. The molecule has 1 aromatic heterocycles. The molecule has 0 amide bonds. The highest BCUT2D eigenvalue weighted by Crippen LogP contribution is 2.09. The Labute approximate surface area is 105 Å². The summed E-state index contributed by atoms with van der Waals surface area (Å²) < 4.78 is 2.11. The van der Waals surface area contributed by atoms with Gasteiger partial charge in [-0.05, 0) is 54.0 Å². The number of hydrogen-bond acceptors (Lipinski definition) is 3. The predicted octanol–water partition coefficient (Wildman–Crippen LogP) is 1.29. The summed E-state index contributed by atoms with van der Waals surface area (Å²) in [4.78, 5) is 2.23. The Morgan fingerprint density at radius 2 is 2.18 bits per heavy atom. The Balaban J connectivity index is 2.59. The predicted molar refractivity (Wildman–Crippen MR) is 72.4 cm³/mol. The first kappa shape index (κ1) is 14.2. The summed E-state index contributed by atoms with van der Waals surface area (Å²) in [7, 11) is 6.28. The van der Waals surface area contributed by atoms with Crippen LogP contribution in [0, 0.1) is 6.92 Å². The van der Waals surface area contributed by atoms with Crippen molar-refractivity contribution < 1.29 is 0 Å². The van der Waals surface area contributed by atoms with Crippen molar-refractivity contribution in [3.05, 3.63) is 17.5 Å². The molecule has 98 valence electrons. The van der Waals surface area contributed by atoms with Gasteiger partial charge in [0.2, 0.25) is 0 Å². The smallest absolute Gasteiger partial charge is 0.0596 e. The van der Waals surface area contributed by atoms with Crippen LogP contribution in [-0.4, -0.2) is 48.4 Å². The molecule has 1 N–H and O–H groups in total. The van der Waals surface area contributed by atoms with Crippen LogP contribution in [0.5, 0.6) is 0 Å². The highest BCUT2D eigenvalue weighted by atomic mass is 15.3. The van der Waals surface area contributed by atoms with Crippen LogP contribution < -0.4 is 5.32 Å². The topological polar surface area (TPSA) is 33.1 Å². The van der Waals surface area contributed by atoms with Crippen molar-refractivity contribution in [2.45, 2.75) is 39.3 Å². The molecule has 0 radical (unpaired) electrons. The Morgan fingerprint density at radius 3 is 2.71 bits per heavy atom. The van der Waals surface area contributed by atoms with Gasteiger partial charge in [-0.1, -0.05) is 0 Å². The normalized spacial score (nSPS) is 13.3. The van der Waals surface area contributed by atoms with Crippen molar-refractivity contribution in [3.8, 4) is 0 Å². The quantitative estimate of drug-likeness (QED) is 0.777. The molecule has 0 saturated carbocycles. The van der Waals surface area contributed by atoms with E-state index in [0.29, 0.717) is 6.04 Å². The van der Waals surface area contributed by atoms with Crippen LogP contribution in [-0.2, 0) is 13.0 Å². The first-order valence-electron chi connectivity index (χ1n) is 6.42. The fraction of sp³-hybridized carbons (Fsp3) is 0.769. The molecule has 1 atom stereocenters. The summed E-state index contributed by atoms with van der Waals surface area (Å²) >= 11 is 0. The van der Waals surface area contributed by atoms with Gasteiger partial charge in [0, 0.05) is 24.7 Å². The van der Waals surface area contributed by atoms with Gasteiger partial charge >= 0.3 is 0 Å². The highest BCUT2D eigenvalue weighted by Gasteiger charge is 2.11. The Morgan fingerprint density at radius 1 is 1.47 bits per heavy atom. The lowest BCUT2D eigenvalue weighted by atomic mass is 10.1. The molecular weight excluding hydrogens is 212 g/mol. The van der Waals surface area contributed by atoms with Gasteiger partial charge in [-0.3, -0.25) is 4.68 Å². The number of aromatic nitrogens is 2. The lowest BCUT2D eigenvalue weighted by Crippen LogP contribution is -2.32. The van der Waals surface area contributed by atoms with Crippen LogP contribution in [0.1, 0.15) is 24.7 Å². The van der Waals surface area contributed by atoms with Gasteiger partial charge < -0.3 is 10.2 Å². The van der Waals surface area contributed by atoms with E-state index in [1.54, 1.807) is 0 Å². The van der Waals surface area contributed by atoms with E-state index >= 15 is 0 Å². The van der Waals surface area contributed by atoms with E-state index in [1.807, 2.05) is 7.05 Å². The van der Waals surface area contributed by atoms with Crippen molar-refractivity contribution >= 4 is 0 Å². The molecule has 4 nitrogen and oxygen atoms in total. The van der Waals surface area contributed by atoms with Crippen LogP contribution in [0.2, 0.25) is 0 Å². The zero-order chi connectivity index (χ0) is 12.8. The molecule has 0 aliphatic rings. The third kappa shape index (κ3) is 4.48. The zero-order valence-electron chi connectivity index (χ0n) is 11.8. The maximum absolute atomic E-state index is 4.49. The largest absolute Gasteiger partial charge is 0.317 e. The van der Waals surface area contributed by atoms with Gasteiger partial charge in [-0.25, -0.2) is 0 Å². The summed E-state index contributed by atoms with van der Waals surface area (Å²) in [5.41, 5.74) is 2.45. The SMILES string of the molecule is CCn1nc(C)cc1CC(CCN(C)C)NC. The molecule has 0 saturated heterocycles. The molecule has 0 aliphatic carbocycles. The molecule has 0 aliphatic heterocycles. The maximum Gasteiger partial charge on any atom is 0.0596 e. The minimum Gasteiger partial charge on any atom is -0.317 e. The molecule has 0 aromatic carbocycles. The number of rotatable bonds is 7. The minimum absolute atomic E-state index is 0.527. The third-order valence-electron chi connectivity index (χ3n) is 3.07. The molecule has 0 fully saturated rings. The van der Waals surface area contributed by atoms with Gasteiger partial charge in [0.15, 0.2) is 0 Å². The molecule has 1 rings (SSSR count).